The van der Waals surface area contributed by atoms with Gasteiger partial charge in [-0.15, -0.1) is 0 Å². The van der Waals surface area contributed by atoms with Crippen molar-refractivity contribution in [1.82, 2.24) is 4.98 Å². The van der Waals surface area contributed by atoms with Crippen LogP contribution in [0, 0.1) is 12.7 Å². The van der Waals surface area contributed by atoms with Crippen LogP contribution in [0.5, 0.6) is 0 Å². The summed E-state index contributed by atoms with van der Waals surface area (Å²) in [5.74, 6) is 0.187. The summed E-state index contributed by atoms with van der Waals surface area (Å²) in [6.45, 7) is 1.75. The van der Waals surface area contributed by atoms with Gasteiger partial charge in [0.1, 0.15) is 12.1 Å². The second kappa shape index (κ2) is 4.03. The smallest absolute Gasteiger partial charge is 0.191 e. The van der Waals surface area contributed by atoms with Crippen molar-refractivity contribution >= 4 is 11.6 Å². The summed E-state index contributed by atoms with van der Waals surface area (Å²) in [6.07, 6.45) is 1.92. The summed E-state index contributed by atoms with van der Waals surface area (Å²) in [5, 5.41) is 0.132. The Hall–Kier alpha value is -1.35. The van der Waals surface area contributed by atoms with Gasteiger partial charge in [-0.2, -0.15) is 0 Å². The highest BCUT2D eigenvalue weighted by molar-refractivity contribution is 6.30. The highest BCUT2D eigenvalue weighted by Gasteiger charge is 2.08. The highest BCUT2D eigenvalue weighted by atomic mass is 35.5. The maximum absolute atomic E-state index is 13.5. The minimum absolute atomic E-state index is 0.132. The van der Waals surface area contributed by atoms with Gasteiger partial charge in [0.25, 0.3) is 0 Å². The summed E-state index contributed by atoms with van der Waals surface area (Å²) in [4.78, 5) is 4.10. The normalized spacial score (nSPS) is 10.6. The molecule has 0 saturated heterocycles. The van der Waals surface area contributed by atoms with Gasteiger partial charge in [-0.25, -0.2) is 9.37 Å². The fraction of sp³-hybridized carbons (Fsp3) is 0.182. The molecule has 0 spiro atoms. The van der Waals surface area contributed by atoms with E-state index in [4.69, 9.17) is 16.0 Å². The van der Waals surface area contributed by atoms with E-state index in [0.29, 0.717) is 23.6 Å². The molecular weight excluding hydrogens is 217 g/mol. The summed E-state index contributed by atoms with van der Waals surface area (Å²) >= 11 is 5.67. The molecule has 0 aliphatic carbocycles. The average molecular weight is 226 g/mol. The molecule has 1 aromatic carbocycles. The predicted octanol–water partition coefficient (Wildman–Crippen LogP) is 3.37. The maximum Gasteiger partial charge on any atom is 0.191 e. The Morgan fingerprint density at radius 3 is 2.93 bits per heavy atom. The SMILES string of the molecule is Cc1nc(Cc2cccc(Cl)c2F)co1. The summed E-state index contributed by atoms with van der Waals surface area (Å²) in [5.41, 5.74) is 1.23. The lowest BCUT2D eigenvalue weighted by molar-refractivity contribution is 0.520. The van der Waals surface area contributed by atoms with Crippen LogP contribution >= 0.6 is 11.6 Å². The van der Waals surface area contributed by atoms with E-state index in [1.54, 1.807) is 19.1 Å². The molecule has 0 aliphatic rings. The van der Waals surface area contributed by atoms with Gasteiger partial charge < -0.3 is 4.42 Å². The standard InChI is InChI=1S/C11H9ClFNO/c1-7-14-9(6-15-7)5-8-3-2-4-10(12)11(8)13/h2-4,6H,5H2,1H3. The Balaban J connectivity index is 2.28. The molecule has 0 N–H and O–H groups in total. The monoisotopic (exact) mass is 225 g/mol. The predicted molar refractivity (Wildman–Crippen MR) is 55.5 cm³/mol. The van der Waals surface area contributed by atoms with E-state index in [2.05, 4.69) is 4.98 Å². The summed E-state index contributed by atoms with van der Waals surface area (Å²) < 4.78 is 18.5. The van der Waals surface area contributed by atoms with E-state index >= 15 is 0 Å². The number of benzene rings is 1. The second-order valence-corrected chi connectivity index (χ2v) is 3.65. The lowest BCUT2D eigenvalue weighted by Crippen LogP contribution is -1.93. The molecule has 0 aliphatic heterocycles. The first-order valence-electron chi connectivity index (χ1n) is 4.50. The van der Waals surface area contributed by atoms with Gasteiger partial charge in [0, 0.05) is 13.3 Å². The highest BCUT2D eigenvalue weighted by Crippen LogP contribution is 2.20. The first-order valence-corrected chi connectivity index (χ1v) is 4.88. The van der Waals surface area contributed by atoms with Crippen LogP contribution in [0.1, 0.15) is 17.1 Å². The molecular formula is C11H9ClFNO. The van der Waals surface area contributed by atoms with Crippen molar-refractivity contribution in [2.45, 2.75) is 13.3 Å². The number of oxazole rings is 1. The number of rotatable bonds is 2. The lowest BCUT2D eigenvalue weighted by Gasteiger charge is -2.01. The van der Waals surface area contributed by atoms with Gasteiger partial charge in [0.15, 0.2) is 5.89 Å². The van der Waals surface area contributed by atoms with E-state index in [1.807, 2.05) is 0 Å². The number of aromatic nitrogens is 1. The van der Waals surface area contributed by atoms with Crippen molar-refractivity contribution in [2.75, 3.05) is 0 Å². The van der Waals surface area contributed by atoms with E-state index < -0.39 is 0 Å². The Kier molecular flexibility index (Phi) is 2.73. The van der Waals surface area contributed by atoms with Gasteiger partial charge in [0.05, 0.1) is 10.7 Å². The van der Waals surface area contributed by atoms with Crippen LogP contribution in [0.25, 0.3) is 0 Å². The van der Waals surface area contributed by atoms with E-state index in [1.165, 1.54) is 12.3 Å². The Morgan fingerprint density at radius 1 is 1.47 bits per heavy atom. The molecule has 15 heavy (non-hydrogen) atoms. The Bertz CT molecular complexity index is 481. The molecule has 1 heterocycles. The fourth-order valence-corrected chi connectivity index (χ4v) is 1.56. The molecule has 0 bridgehead atoms. The molecule has 4 heteroatoms. The number of nitrogens with zero attached hydrogens (tertiary/aromatic N) is 1. The molecule has 2 nitrogen and oxygen atoms in total. The van der Waals surface area contributed by atoms with Crippen LogP contribution in [0.4, 0.5) is 4.39 Å². The van der Waals surface area contributed by atoms with Gasteiger partial charge in [-0.3, -0.25) is 0 Å². The average Bonchev–Trinajstić information content (AvgIpc) is 2.59. The molecule has 0 unspecified atom stereocenters. The quantitative estimate of drug-likeness (QED) is 0.783. The van der Waals surface area contributed by atoms with E-state index in [0.717, 1.165) is 0 Å². The van der Waals surface area contributed by atoms with Gasteiger partial charge in [0.2, 0.25) is 0 Å². The van der Waals surface area contributed by atoms with Crippen LogP contribution in [-0.2, 0) is 6.42 Å². The summed E-state index contributed by atoms with van der Waals surface area (Å²) in [7, 11) is 0. The minimum Gasteiger partial charge on any atom is -0.449 e. The van der Waals surface area contributed by atoms with Crippen LogP contribution in [0.3, 0.4) is 0 Å². The number of aryl methyl sites for hydroxylation is 1. The molecule has 1 aromatic heterocycles. The largest absolute Gasteiger partial charge is 0.449 e. The van der Waals surface area contributed by atoms with Crippen molar-refractivity contribution in [3.05, 3.63) is 52.5 Å². The van der Waals surface area contributed by atoms with Crippen molar-refractivity contribution in [1.29, 1.82) is 0 Å². The third kappa shape index (κ3) is 2.18. The van der Waals surface area contributed by atoms with Gasteiger partial charge in [-0.1, -0.05) is 23.7 Å². The van der Waals surface area contributed by atoms with Crippen LogP contribution in [0.15, 0.2) is 28.9 Å². The molecule has 2 aromatic rings. The topological polar surface area (TPSA) is 26.0 Å². The lowest BCUT2D eigenvalue weighted by atomic mass is 10.1. The zero-order chi connectivity index (χ0) is 10.8. The molecule has 0 amide bonds. The fourth-order valence-electron chi connectivity index (χ4n) is 1.37. The Labute approximate surface area is 91.7 Å². The third-order valence-electron chi connectivity index (χ3n) is 2.07. The van der Waals surface area contributed by atoms with E-state index in [9.17, 15) is 4.39 Å². The van der Waals surface area contributed by atoms with Gasteiger partial charge in [-0.05, 0) is 11.6 Å². The molecule has 78 valence electrons. The van der Waals surface area contributed by atoms with E-state index in [-0.39, 0.29) is 10.8 Å². The number of hydrogen-bond acceptors (Lipinski definition) is 2. The minimum atomic E-state index is -0.389. The van der Waals surface area contributed by atoms with Crippen molar-refractivity contribution in [3.63, 3.8) is 0 Å². The molecule has 0 fully saturated rings. The zero-order valence-corrected chi connectivity index (χ0v) is 8.88. The first kappa shape index (κ1) is 10.2. The molecule has 2 rings (SSSR count). The summed E-state index contributed by atoms with van der Waals surface area (Å²) in [6, 6.07) is 4.92. The van der Waals surface area contributed by atoms with Gasteiger partial charge >= 0.3 is 0 Å². The van der Waals surface area contributed by atoms with Crippen LogP contribution in [0.2, 0.25) is 5.02 Å². The number of halogens is 2. The van der Waals surface area contributed by atoms with Crippen LogP contribution < -0.4 is 0 Å². The van der Waals surface area contributed by atoms with Crippen molar-refractivity contribution in [2.24, 2.45) is 0 Å². The van der Waals surface area contributed by atoms with Crippen LogP contribution in [-0.4, -0.2) is 4.98 Å². The maximum atomic E-state index is 13.5. The third-order valence-corrected chi connectivity index (χ3v) is 2.36. The van der Waals surface area contributed by atoms with Crippen molar-refractivity contribution < 1.29 is 8.81 Å². The zero-order valence-electron chi connectivity index (χ0n) is 8.13. The van der Waals surface area contributed by atoms with Crippen molar-refractivity contribution in [3.8, 4) is 0 Å². The second-order valence-electron chi connectivity index (χ2n) is 3.25. The number of hydrogen-bond donors (Lipinski definition) is 0. The molecule has 0 atom stereocenters. The molecule has 0 radical (unpaired) electrons. The molecule has 0 saturated carbocycles. The first-order chi connectivity index (χ1) is 7.16. The Morgan fingerprint density at radius 2 is 2.27 bits per heavy atom.